The molecule has 0 radical (unpaired) electrons. The molecule has 5 nitrogen and oxygen atoms in total. The molecule has 1 aromatic carbocycles. The number of rotatable bonds is 7. The number of sulfone groups is 1. The Morgan fingerprint density at radius 3 is 2.70 bits per heavy atom. The first-order valence-electron chi connectivity index (χ1n) is 6.72. The van der Waals surface area contributed by atoms with Gasteiger partial charge in [0, 0.05) is 12.2 Å². The average Bonchev–Trinajstić information content (AvgIpc) is 2.44. The van der Waals surface area contributed by atoms with Gasteiger partial charge in [-0.05, 0) is 31.0 Å². The molecule has 0 heterocycles. The number of benzene rings is 1. The van der Waals surface area contributed by atoms with E-state index in [1.54, 1.807) is 18.2 Å². The highest BCUT2D eigenvalue weighted by atomic mass is 32.2. The van der Waals surface area contributed by atoms with Crippen molar-refractivity contribution in [3.05, 3.63) is 29.8 Å². The van der Waals surface area contributed by atoms with E-state index in [1.807, 2.05) is 13.0 Å². The van der Waals surface area contributed by atoms with Gasteiger partial charge in [0.2, 0.25) is 5.91 Å². The van der Waals surface area contributed by atoms with Crippen molar-refractivity contribution in [2.75, 3.05) is 11.1 Å². The van der Waals surface area contributed by atoms with E-state index in [0.717, 1.165) is 12.0 Å². The van der Waals surface area contributed by atoms with Gasteiger partial charge < -0.3 is 11.1 Å². The summed E-state index contributed by atoms with van der Waals surface area (Å²) in [5.41, 5.74) is 6.97. The van der Waals surface area contributed by atoms with Crippen molar-refractivity contribution < 1.29 is 13.2 Å². The molecule has 0 spiro atoms. The van der Waals surface area contributed by atoms with Gasteiger partial charge in [-0.25, -0.2) is 8.42 Å². The van der Waals surface area contributed by atoms with E-state index in [9.17, 15) is 13.2 Å². The standard InChI is InChI=1S/C14H22N2O3S/c1-3-4-8-20(18,19)11(2)14(17)16-13-7-5-6-12(9-13)10-15/h5-7,9,11H,3-4,8,10,15H2,1-2H3,(H,16,17). The number of hydrogen-bond donors (Lipinski definition) is 2. The molecule has 0 aliphatic heterocycles. The van der Waals surface area contributed by atoms with Crippen LogP contribution in [0.3, 0.4) is 0 Å². The van der Waals surface area contributed by atoms with E-state index in [1.165, 1.54) is 6.92 Å². The SMILES string of the molecule is CCCCS(=O)(=O)C(C)C(=O)Nc1cccc(CN)c1. The molecule has 0 saturated heterocycles. The van der Waals surface area contributed by atoms with Crippen LogP contribution in [0.4, 0.5) is 5.69 Å². The third kappa shape index (κ3) is 4.61. The number of hydrogen-bond acceptors (Lipinski definition) is 4. The van der Waals surface area contributed by atoms with Gasteiger partial charge in [-0.2, -0.15) is 0 Å². The molecule has 1 rings (SSSR count). The maximum atomic E-state index is 12.0. The Morgan fingerprint density at radius 2 is 2.10 bits per heavy atom. The summed E-state index contributed by atoms with van der Waals surface area (Å²) >= 11 is 0. The minimum atomic E-state index is -3.39. The number of carbonyl (C=O) groups is 1. The van der Waals surface area contributed by atoms with Gasteiger partial charge in [0.15, 0.2) is 9.84 Å². The van der Waals surface area contributed by atoms with E-state index in [-0.39, 0.29) is 5.75 Å². The fourth-order valence-electron chi connectivity index (χ4n) is 1.71. The summed E-state index contributed by atoms with van der Waals surface area (Å²) in [5.74, 6) is -0.462. The number of amides is 1. The third-order valence-electron chi connectivity index (χ3n) is 3.12. The molecule has 0 bridgehead atoms. The summed E-state index contributed by atoms with van der Waals surface area (Å²) in [6, 6.07) is 7.07. The van der Waals surface area contributed by atoms with Crippen LogP contribution in [0.25, 0.3) is 0 Å². The normalized spacial score (nSPS) is 12.9. The van der Waals surface area contributed by atoms with Crippen molar-refractivity contribution >= 4 is 21.4 Å². The largest absolute Gasteiger partial charge is 0.326 e. The van der Waals surface area contributed by atoms with Gasteiger partial charge in [0.1, 0.15) is 5.25 Å². The molecule has 0 saturated carbocycles. The Balaban J connectivity index is 2.74. The van der Waals surface area contributed by atoms with Crippen LogP contribution in [0, 0.1) is 0 Å². The predicted octanol–water partition coefficient (Wildman–Crippen LogP) is 1.69. The number of unbranched alkanes of at least 4 members (excludes halogenated alkanes) is 1. The molecule has 6 heteroatoms. The van der Waals surface area contributed by atoms with Crippen LogP contribution in [0.2, 0.25) is 0 Å². The Hall–Kier alpha value is -1.40. The molecule has 1 amide bonds. The Morgan fingerprint density at radius 1 is 1.40 bits per heavy atom. The zero-order valence-electron chi connectivity index (χ0n) is 11.9. The summed E-state index contributed by atoms with van der Waals surface area (Å²) in [4.78, 5) is 12.0. The predicted molar refractivity (Wildman–Crippen MR) is 81.1 cm³/mol. The molecule has 20 heavy (non-hydrogen) atoms. The van der Waals surface area contributed by atoms with E-state index < -0.39 is 21.0 Å². The molecule has 1 unspecified atom stereocenters. The number of carbonyl (C=O) groups excluding carboxylic acids is 1. The van der Waals surface area contributed by atoms with Crippen molar-refractivity contribution in [1.29, 1.82) is 0 Å². The highest BCUT2D eigenvalue weighted by Crippen LogP contribution is 2.13. The lowest BCUT2D eigenvalue weighted by Crippen LogP contribution is -2.34. The second kappa shape index (κ2) is 7.40. The molecule has 0 aliphatic rings. The zero-order valence-corrected chi connectivity index (χ0v) is 12.7. The summed E-state index contributed by atoms with van der Waals surface area (Å²) in [6.07, 6.45) is 1.36. The highest BCUT2D eigenvalue weighted by molar-refractivity contribution is 7.92. The van der Waals surface area contributed by atoms with Gasteiger partial charge in [0.25, 0.3) is 0 Å². The first-order chi connectivity index (χ1) is 9.40. The molecule has 112 valence electrons. The van der Waals surface area contributed by atoms with Gasteiger partial charge in [-0.3, -0.25) is 4.79 Å². The molecule has 0 aliphatic carbocycles. The van der Waals surface area contributed by atoms with Crippen LogP contribution in [0.5, 0.6) is 0 Å². The van der Waals surface area contributed by atoms with Crippen molar-refractivity contribution in [3.8, 4) is 0 Å². The first kappa shape index (κ1) is 16.7. The fraction of sp³-hybridized carbons (Fsp3) is 0.500. The molecule has 1 atom stereocenters. The third-order valence-corrected chi connectivity index (χ3v) is 5.27. The molecule has 0 fully saturated rings. The van der Waals surface area contributed by atoms with Crippen LogP contribution >= 0.6 is 0 Å². The molecular weight excluding hydrogens is 276 g/mol. The first-order valence-corrected chi connectivity index (χ1v) is 8.43. The summed E-state index contributed by atoms with van der Waals surface area (Å²) < 4.78 is 23.9. The number of anilines is 1. The van der Waals surface area contributed by atoms with Gasteiger partial charge >= 0.3 is 0 Å². The Labute approximate surface area is 120 Å². The van der Waals surface area contributed by atoms with Crippen LogP contribution in [0.1, 0.15) is 32.3 Å². The Kier molecular flexibility index (Phi) is 6.16. The van der Waals surface area contributed by atoms with Crippen LogP contribution < -0.4 is 11.1 Å². The zero-order chi connectivity index (χ0) is 15.2. The lowest BCUT2D eigenvalue weighted by atomic mass is 10.2. The maximum Gasteiger partial charge on any atom is 0.242 e. The highest BCUT2D eigenvalue weighted by Gasteiger charge is 2.27. The van der Waals surface area contributed by atoms with E-state index >= 15 is 0 Å². The second-order valence-electron chi connectivity index (χ2n) is 4.76. The average molecular weight is 298 g/mol. The summed E-state index contributed by atoms with van der Waals surface area (Å²) in [7, 11) is -3.39. The number of nitrogens with one attached hydrogen (secondary N) is 1. The minimum Gasteiger partial charge on any atom is -0.326 e. The molecular formula is C14H22N2O3S. The van der Waals surface area contributed by atoms with Gasteiger partial charge in [-0.15, -0.1) is 0 Å². The number of nitrogens with two attached hydrogens (primary N) is 1. The molecule has 1 aromatic rings. The van der Waals surface area contributed by atoms with Crippen molar-refractivity contribution in [2.24, 2.45) is 5.73 Å². The quantitative estimate of drug-likeness (QED) is 0.801. The second-order valence-corrected chi connectivity index (χ2v) is 7.20. The van der Waals surface area contributed by atoms with Crippen molar-refractivity contribution in [2.45, 2.75) is 38.5 Å². The van der Waals surface area contributed by atoms with E-state index in [0.29, 0.717) is 18.7 Å². The monoisotopic (exact) mass is 298 g/mol. The topological polar surface area (TPSA) is 89.3 Å². The van der Waals surface area contributed by atoms with Crippen molar-refractivity contribution in [3.63, 3.8) is 0 Å². The lowest BCUT2D eigenvalue weighted by Gasteiger charge is -2.13. The van der Waals surface area contributed by atoms with Gasteiger partial charge in [-0.1, -0.05) is 25.5 Å². The van der Waals surface area contributed by atoms with Crippen LogP contribution in [-0.4, -0.2) is 25.3 Å². The Bertz CT molecular complexity index is 555. The summed E-state index contributed by atoms with van der Waals surface area (Å²) in [5, 5.41) is 1.58. The minimum absolute atomic E-state index is 0.0426. The molecule has 3 N–H and O–H groups in total. The van der Waals surface area contributed by atoms with E-state index in [2.05, 4.69) is 5.32 Å². The van der Waals surface area contributed by atoms with E-state index in [4.69, 9.17) is 5.73 Å². The van der Waals surface area contributed by atoms with Crippen LogP contribution in [0.15, 0.2) is 24.3 Å². The maximum absolute atomic E-state index is 12.0. The lowest BCUT2D eigenvalue weighted by molar-refractivity contribution is -0.115. The fourth-order valence-corrected chi connectivity index (χ4v) is 3.14. The van der Waals surface area contributed by atoms with Crippen molar-refractivity contribution in [1.82, 2.24) is 0 Å². The molecule has 0 aromatic heterocycles. The van der Waals surface area contributed by atoms with Crippen LogP contribution in [-0.2, 0) is 21.2 Å². The summed E-state index contributed by atoms with van der Waals surface area (Å²) in [6.45, 7) is 3.71. The van der Waals surface area contributed by atoms with Gasteiger partial charge in [0.05, 0.1) is 5.75 Å². The smallest absolute Gasteiger partial charge is 0.242 e.